The van der Waals surface area contributed by atoms with Crippen molar-refractivity contribution in [1.82, 2.24) is 5.43 Å². The van der Waals surface area contributed by atoms with Gasteiger partial charge in [-0.2, -0.15) is 5.10 Å². The number of nitrogens with one attached hydrogen (secondary N) is 1. The maximum atomic E-state index is 13.2. The first-order chi connectivity index (χ1) is 12.8. The third kappa shape index (κ3) is 3.21. The Bertz CT molecular complexity index is 770. The lowest BCUT2D eigenvalue weighted by atomic mass is 9.40. The van der Waals surface area contributed by atoms with Gasteiger partial charge in [0.15, 0.2) is 0 Å². The molecule has 0 saturated heterocycles. The van der Waals surface area contributed by atoms with E-state index >= 15 is 0 Å². The molecule has 5 heteroatoms. The van der Waals surface area contributed by atoms with Crippen LogP contribution in [0.25, 0.3) is 0 Å². The lowest BCUT2D eigenvalue weighted by Gasteiger charge is -2.64. The van der Waals surface area contributed by atoms with Gasteiger partial charge in [0.2, 0.25) is 5.91 Å². The third-order valence-corrected chi connectivity index (χ3v) is 6.91. The van der Waals surface area contributed by atoms with E-state index in [1.807, 2.05) is 18.2 Å². The first-order valence-electron chi connectivity index (χ1n) is 9.84. The number of amides is 1. The second-order valence-electron chi connectivity index (χ2n) is 9.72. The van der Waals surface area contributed by atoms with Crippen LogP contribution in [0.4, 0.5) is 0 Å². The summed E-state index contributed by atoms with van der Waals surface area (Å²) in [5, 5.41) is 4.27. The van der Waals surface area contributed by atoms with Crippen LogP contribution in [0.5, 0.6) is 11.5 Å². The van der Waals surface area contributed by atoms with Crippen molar-refractivity contribution in [3.8, 4) is 11.5 Å². The topological polar surface area (TPSA) is 59.9 Å². The number of carbonyl (C=O) groups excluding carboxylic acids is 1. The summed E-state index contributed by atoms with van der Waals surface area (Å²) in [5.41, 5.74) is 4.00. The van der Waals surface area contributed by atoms with Crippen LogP contribution >= 0.6 is 0 Å². The smallest absolute Gasteiger partial charge is 0.246 e. The average Bonchev–Trinajstić information content (AvgIpc) is 2.58. The fourth-order valence-corrected chi connectivity index (χ4v) is 6.92. The van der Waals surface area contributed by atoms with Crippen LogP contribution < -0.4 is 14.9 Å². The molecule has 5 nitrogen and oxygen atoms in total. The highest BCUT2D eigenvalue weighted by Crippen LogP contribution is 2.69. The van der Waals surface area contributed by atoms with E-state index in [9.17, 15) is 4.79 Å². The Morgan fingerprint density at radius 1 is 1.11 bits per heavy atom. The van der Waals surface area contributed by atoms with Crippen LogP contribution in [-0.4, -0.2) is 26.3 Å². The standard InChI is InChI=1S/C22H30N2O3/c1-20-8-15-9-21(2,12-20)14-22(10-15,13-20)19(25)24-23-11-16-7-17(26-3)5-6-18(16)27-4/h5-7,11,15H,8-10,12-14H2,1-4H3,(H,24,25)/b23-11+. The van der Waals surface area contributed by atoms with Crippen LogP contribution in [0.15, 0.2) is 23.3 Å². The van der Waals surface area contributed by atoms with E-state index in [4.69, 9.17) is 9.47 Å². The van der Waals surface area contributed by atoms with E-state index < -0.39 is 0 Å². The molecule has 146 valence electrons. The second-order valence-corrected chi connectivity index (χ2v) is 9.72. The van der Waals surface area contributed by atoms with E-state index in [1.54, 1.807) is 20.4 Å². The monoisotopic (exact) mass is 370 g/mol. The van der Waals surface area contributed by atoms with Crippen molar-refractivity contribution in [2.75, 3.05) is 14.2 Å². The number of hydrazone groups is 1. The zero-order chi connectivity index (χ0) is 19.3. The number of hydrogen-bond donors (Lipinski definition) is 1. The second kappa shape index (κ2) is 6.25. The van der Waals surface area contributed by atoms with E-state index in [2.05, 4.69) is 24.4 Å². The highest BCUT2D eigenvalue weighted by atomic mass is 16.5. The molecule has 0 aliphatic heterocycles. The van der Waals surface area contributed by atoms with Crippen molar-refractivity contribution in [1.29, 1.82) is 0 Å². The van der Waals surface area contributed by atoms with Crippen molar-refractivity contribution in [2.45, 2.75) is 52.4 Å². The van der Waals surface area contributed by atoms with E-state index in [0.29, 0.717) is 22.5 Å². The number of rotatable bonds is 5. The van der Waals surface area contributed by atoms with Gasteiger partial charge in [-0.15, -0.1) is 0 Å². The molecular formula is C22H30N2O3. The van der Waals surface area contributed by atoms with Gasteiger partial charge in [-0.25, -0.2) is 5.43 Å². The van der Waals surface area contributed by atoms with Crippen molar-refractivity contribution in [3.05, 3.63) is 23.8 Å². The summed E-state index contributed by atoms with van der Waals surface area (Å²) in [6, 6.07) is 5.52. The number of methoxy groups -OCH3 is 2. The summed E-state index contributed by atoms with van der Waals surface area (Å²) in [5.74, 6) is 2.20. The number of carbonyl (C=O) groups is 1. The van der Waals surface area contributed by atoms with E-state index in [-0.39, 0.29) is 11.3 Å². The van der Waals surface area contributed by atoms with E-state index in [1.165, 1.54) is 19.3 Å². The summed E-state index contributed by atoms with van der Waals surface area (Å²) in [6.45, 7) is 4.75. The molecule has 1 aromatic rings. The van der Waals surface area contributed by atoms with Crippen LogP contribution in [-0.2, 0) is 4.79 Å². The summed E-state index contributed by atoms with van der Waals surface area (Å²) >= 11 is 0. The van der Waals surface area contributed by atoms with Crippen molar-refractivity contribution in [2.24, 2.45) is 27.3 Å². The van der Waals surface area contributed by atoms with Gasteiger partial charge < -0.3 is 9.47 Å². The quantitative estimate of drug-likeness (QED) is 0.626. The SMILES string of the molecule is COc1ccc(OC)c(/C=N/NC(=O)C23CC4CC(C)(CC(C)(C4)C2)C3)c1. The Balaban J connectivity index is 1.51. The lowest BCUT2D eigenvalue weighted by molar-refractivity contribution is -0.170. The molecule has 1 aromatic carbocycles. The Morgan fingerprint density at radius 3 is 2.41 bits per heavy atom. The Labute approximate surface area is 161 Å². The molecule has 1 amide bonds. The van der Waals surface area contributed by atoms with Gasteiger partial charge in [-0.3, -0.25) is 4.79 Å². The lowest BCUT2D eigenvalue weighted by Crippen LogP contribution is -2.59. The van der Waals surface area contributed by atoms with Crippen LogP contribution in [0, 0.1) is 22.2 Å². The zero-order valence-electron chi connectivity index (χ0n) is 16.8. The molecule has 4 saturated carbocycles. The molecule has 0 spiro atoms. The summed E-state index contributed by atoms with van der Waals surface area (Å²) < 4.78 is 10.6. The minimum Gasteiger partial charge on any atom is -0.497 e. The maximum Gasteiger partial charge on any atom is 0.246 e. The van der Waals surface area contributed by atoms with Crippen molar-refractivity contribution in [3.63, 3.8) is 0 Å². The maximum absolute atomic E-state index is 13.2. The predicted octanol–water partition coefficient (Wildman–Crippen LogP) is 4.15. The van der Waals surface area contributed by atoms with E-state index in [0.717, 1.165) is 30.6 Å². The molecule has 4 aliphatic rings. The molecule has 2 atom stereocenters. The normalized spacial score (nSPS) is 36.8. The molecule has 1 N–H and O–H groups in total. The van der Waals surface area contributed by atoms with Gasteiger partial charge >= 0.3 is 0 Å². The first-order valence-corrected chi connectivity index (χ1v) is 9.84. The molecule has 0 aromatic heterocycles. The van der Waals surface area contributed by atoms with Gasteiger partial charge in [0, 0.05) is 5.56 Å². The fourth-order valence-electron chi connectivity index (χ4n) is 6.92. The Morgan fingerprint density at radius 2 is 1.81 bits per heavy atom. The van der Waals surface area contributed by atoms with Crippen LogP contribution in [0.1, 0.15) is 57.9 Å². The molecule has 5 rings (SSSR count). The molecule has 0 radical (unpaired) electrons. The molecular weight excluding hydrogens is 340 g/mol. The molecule has 27 heavy (non-hydrogen) atoms. The highest BCUT2D eigenvalue weighted by molar-refractivity contribution is 5.87. The third-order valence-electron chi connectivity index (χ3n) is 6.91. The van der Waals surface area contributed by atoms with Gasteiger partial charge in [-0.1, -0.05) is 13.8 Å². The average molecular weight is 370 g/mol. The molecule has 4 aliphatic carbocycles. The number of benzene rings is 1. The Hall–Kier alpha value is -2.04. The largest absolute Gasteiger partial charge is 0.497 e. The van der Waals surface area contributed by atoms with Crippen LogP contribution in [0.3, 0.4) is 0 Å². The first kappa shape index (κ1) is 18.3. The summed E-state index contributed by atoms with van der Waals surface area (Å²) in [4.78, 5) is 13.2. The molecule has 4 fully saturated rings. The van der Waals surface area contributed by atoms with Crippen LogP contribution in [0.2, 0.25) is 0 Å². The van der Waals surface area contributed by atoms with Gasteiger partial charge in [0.25, 0.3) is 0 Å². The predicted molar refractivity (Wildman–Crippen MR) is 105 cm³/mol. The molecule has 4 bridgehead atoms. The molecule has 2 unspecified atom stereocenters. The minimum atomic E-state index is -0.251. The summed E-state index contributed by atoms with van der Waals surface area (Å²) in [6.07, 6.45) is 8.47. The highest BCUT2D eigenvalue weighted by Gasteiger charge is 2.62. The zero-order valence-corrected chi connectivity index (χ0v) is 16.8. The van der Waals surface area contributed by atoms with Gasteiger partial charge in [0.05, 0.1) is 25.8 Å². The van der Waals surface area contributed by atoms with Gasteiger partial charge in [-0.05, 0) is 73.5 Å². The van der Waals surface area contributed by atoms with Gasteiger partial charge in [0.1, 0.15) is 11.5 Å². The van der Waals surface area contributed by atoms with Crippen molar-refractivity contribution < 1.29 is 14.3 Å². The fraction of sp³-hybridized carbons (Fsp3) is 0.636. The van der Waals surface area contributed by atoms with Crippen molar-refractivity contribution >= 4 is 12.1 Å². The Kier molecular flexibility index (Phi) is 4.24. The number of hydrogen-bond acceptors (Lipinski definition) is 4. The number of ether oxygens (including phenoxy) is 2. The summed E-state index contributed by atoms with van der Waals surface area (Å²) in [7, 11) is 3.24. The number of nitrogens with zero attached hydrogens (tertiary/aromatic N) is 1. The molecule has 0 heterocycles. The minimum absolute atomic E-state index is 0.0853.